The lowest BCUT2D eigenvalue weighted by Gasteiger charge is -2.11. The molecule has 4 aromatic carbocycles. The predicted octanol–water partition coefficient (Wildman–Crippen LogP) is 6.72. The van der Waals surface area contributed by atoms with Gasteiger partial charge in [0.25, 0.3) is 0 Å². The van der Waals surface area contributed by atoms with Gasteiger partial charge in [-0.2, -0.15) is 0 Å². The summed E-state index contributed by atoms with van der Waals surface area (Å²) in [6.07, 6.45) is 0. The van der Waals surface area contributed by atoms with Crippen LogP contribution >= 0.6 is 0 Å². The van der Waals surface area contributed by atoms with Crippen molar-refractivity contribution < 1.29 is 0 Å². The molecule has 0 aliphatic rings. The monoisotopic (exact) mass is 331 g/mol. The first-order chi connectivity index (χ1) is 12.9. The van der Waals surface area contributed by atoms with E-state index >= 15 is 0 Å². The molecular formula is C25H17N. The van der Waals surface area contributed by atoms with Crippen LogP contribution in [-0.4, -0.2) is 4.98 Å². The third-order valence-corrected chi connectivity index (χ3v) is 4.85. The molecule has 122 valence electrons. The molecule has 0 radical (unpaired) electrons. The lowest BCUT2D eigenvalue weighted by Crippen LogP contribution is -1.90. The van der Waals surface area contributed by atoms with E-state index in [1.54, 1.807) is 0 Å². The smallest absolute Gasteiger partial charge is 0.0715 e. The summed E-state index contributed by atoms with van der Waals surface area (Å²) in [5.41, 5.74) is 5.62. The Morgan fingerprint density at radius 3 is 2.12 bits per heavy atom. The largest absolute Gasteiger partial charge is 0.248 e. The van der Waals surface area contributed by atoms with E-state index < -0.39 is 0 Å². The van der Waals surface area contributed by atoms with Crippen LogP contribution in [-0.2, 0) is 0 Å². The Bertz CT molecular complexity index is 1220. The van der Waals surface area contributed by atoms with Crippen molar-refractivity contribution in [3.63, 3.8) is 0 Å². The molecule has 0 N–H and O–H groups in total. The van der Waals surface area contributed by atoms with Crippen LogP contribution in [0.5, 0.6) is 0 Å². The first-order valence-electron chi connectivity index (χ1n) is 8.83. The number of hydrogen-bond donors (Lipinski definition) is 0. The highest BCUT2D eigenvalue weighted by molar-refractivity contribution is 5.99. The highest BCUT2D eigenvalue weighted by Gasteiger charge is 2.09. The Morgan fingerprint density at radius 1 is 0.500 bits per heavy atom. The highest BCUT2D eigenvalue weighted by atomic mass is 14.7. The first-order valence-corrected chi connectivity index (χ1v) is 8.83. The van der Waals surface area contributed by atoms with Gasteiger partial charge in [0.15, 0.2) is 0 Å². The fourth-order valence-corrected chi connectivity index (χ4v) is 3.53. The topological polar surface area (TPSA) is 12.9 Å². The summed E-state index contributed by atoms with van der Waals surface area (Å²) in [5.74, 6) is 0. The van der Waals surface area contributed by atoms with Crippen LogP contribution in [0.4, 0.5) is 0 Å². The zero-order valence-electron chi connectivity index (χ0n) is 14.3. The average Bonchev–Trinajstić information content (AvgIpc) is 2.73. The molecule has 0 bridgehead atoms. The second kappa shape index (κ2) is 6.12. The van der Waals surface area contributed by atoms with Gasteiger partial charge in [0.1, 0.15) is 0 Å². The van der Waals surface area contributed by atoms with E-state index in [2.05, 4.69) is 91.0 Å². The normalized spacial score (nSPS) is 11.1. The van der Waals surface area contributed by atoms with Crippen LogP contribution in [0.3, 0.4) is 0 Å². The van der Waals surface area contributed by atoms with E-state index in [9.17, 15) is 0 Å². The molecule has 0 unspecified atom stereocenters. The Hall–Kier alpha value is -3.45. The van der Waals surface area contributed by atoms with Crippen molar-refractivity contribution in [3.05, 3.63) is 103 Å². The van der Waals surface area contributed by atoms with Crippen molar-refractivity contribution in [2.45, 2.75) is 0 Å². The summed E-state index contributed by atoms with van der Waals surface area (Å²) >= 11 is 0. The number of para-hydroxylation sites is 1. The quantitative estimate of drug-likeness (QED) is 0.350. The van der Waals surface area contributed by atoms with E-state index in [0.717, 1.165) is 16.8 Å². The second-order valence-electron chi connectivity index (χ2n) is 6.50. The maximum Gasteiger partial charge on any atom is 0.0715 e. The third kappa shape index (κ3) is 2.55. The van der Waals surface area contributed by atoms with Gasteiger partial charge in [0.05, 0.1) is 11.2 Å². The molecule has 26 heavy (non-hydrogen) atoms. The molecule has 1 aromatic heterocycles. The molecule has 0 saturated heterocycles. The van der Waals surface area contributed by atoms with Gasteiger partial charge in [-0.3, -0.25) is 0 Å². The Balaban J connectivity index is 1.80. The average molecular weight is 331 g/mol. The Kier molecular flexibility index (Phi) is 3.50. The lowest BCUT2D eigenvalue weighted by atomic mass is 9.96. The van der Waals surface area contributed by atoms with Crippen molar-refractivity contribution in [2.24, 2.45) is 0 Å². The third-order valence-electron chi connectivity index (χ3n) is 4.85. The van der Waals surface area contributed by atoms with E-state index in [4.69, 9.17) is 4.98 Å². The summed E-state index contributed by atoms with van der Waals surface area (Å²) in [5, 5.41) is 3.70. The van der Waals surface area contributed by atoms with E-state index in [1.165, 1.54) is 27.3 Å². The van der Waals surface area contributed by atoms with Crippen LogP contribution in [0.15, 0.2) is 103 Å². The summed E-state index contributed by atoms with van der Waals surface area (Å²) in [4.78, 5) is 4.89. The van der Waals surface area contributed by atoms with E-state index in [0.29, 0.717) is 0 Å². The number of rotatable bonds is 2. The number of hydrogen-bond acceptors (Lipinski definition) is 1. The van der Waals surface area contributed by atoms with Gasteiger partial charge in [-0.25, -0.2) is 4.98 Å². The van der Waals surface area contributed by atoms with Gasteiger partial charge < -0.3 is 0 Å². The van der Waals surface area contributed by atoms with Crippen molar-refractivity contribution in [1.29, 1.82) is 0 Å². The second-order valence-corrected chi connectivity index (χ2v) is 6.50. The summed E-state index contributed by atoms with van der Waals surface area (Å²) in [6.45, 7) is 0. The number of aromatic nitrogens is 1. The molecular weight excluding hydrogens is 314 g/mol. The number of benzene rings is 4. The SMILES string of the molecule is c1ccc(-c2cc(-c3ccc4ccccc4c3)c3ccccc3n2)cc1. The Labute approximate surface area is 152 Å². The molecule has 0 amide bonds. The molecule has 0 fully saturated rings. The van der Waals surface area contributed by atoms with Gasteiger partial charge in [0.2, 0.25) is 0 Å². The van der Waals surface area contributed by atoms with Gasteiger partial charge in [0, 0.05) is 10.9 Å². The van der Waals surface area contributed by atoms with Crippen molar-refractivity contribution in [1.82, 2.24) is 4.98 Å². The molecule has 1 heteroatoms. The molecule has 0 spiro atoms. The fourth-order valence-electron chi connectivity index (χ4n) is 3.53. The number of pyridine rings is 1. The Morgan fingerprint density at radius 2 is 1.23 bits per heavy atom. The molecule has 5 aromatic rings. The molecule has 1 heterocycles. The molecule has 0 aliphatic carbocycles. The zero-order valence-corrected chi connectivity index (χ0v) is 14.3. The highest BCUT2D eigenvalue weighted by Crippen LogP contribution is 2.33. The summed E-state index contributed by atoms with van der Waals surface area (Å²) in [6, 6.07) is 36.1. The minimum atomic E-state index is 1.01. The lowest BCUT2D eigenvalue weighted by molar-refractivity contribution is 1.40. The van der Waals surface area contributed by atoms with E-state index in [-0.39, 0.29) is 0 Å². The number of fused-ring (bicyclic) bond motifs is 2. The van der Waals surface area contributed by atoms with Crippen molar-refractivity contribution >= 4 is 21.7 Å². The van der Waals surface area contributed by atoms with Gasteiger partial charge in [-0.05, 0) is 40.1 Å². The molecule has 1 nitrogen and oxygen atoms in total. The van der Waals surface area contributed by atoms with Crippen molar-refractivity contribution in [2.75, 3.05) is 0 Å². The van der Waals surface area contributed by atoms with Crippen LogP contribution in [0.1, 0.15) is 0 Å². The minimum Gasteiger partial charge on any atom is -0.248 e. The van der Waals surface area contributed by atoms with Gasteiger partial charge >= 0.3 is 0 Å². The van der Waals surface area contributed by atoms with Crippen molar-refractivity contribution in [3.8, 4) is 22.4 Å². The summed E-state index contributed by atoms with van der Waals surface area (Å²) in [7, 11) is 0. The van der Waals surface area contributed by atoms with Crippen LogP contribution in [0.2, 0.25) is 0 Å². The van der Waals surface area contributed by atoms with Gasteiger partial charge in [-0.15, -0.1) is 0 Å². The van der Waals surface area contributed by atoms with Crippen LogP contribution in [0.25, 0.3) is 44.1 Å². The fraction of sp³-hybridized carbons (Fsp3) is 0. The van der Waals surface area contributed by atoms with Crippen LogP contribution < -0.4 is 0 Å². The maximum absolute atomic E-state index is 4.89. The maximum atomic E-state index is 4.89. The van der Waals surface area contributed by atoms with E-state index in [1.807, 2.05) is 12.1 Å². The molecule has 0 saturated carbocycles. The molecule has 5 rings (SSSR count). The predicted molar refractivity (Wildman–Crippen MR) is 110 cm³/mol. The molecule has 0 aliphatic heterocycles. The first kappa shape index (κ1) is 14.9. The van der Waals surface area contributed by atoms with Crippen LogP contribution in [0, 0.1) is 0 Å². The number of nitrogens with zero attached hydrogens (tertiary/aromatic N) is 1. The zero-order chi connectivity index (χ0) is 17.3. The molecule has 0 atom stereocenters. The standard InChI is InChI=1S/C25H17N/c1-2-9-19(10-3-1)25-17-23(22-12-6-7-13-24(22)26-25)21-15-14-18-8-4-5-11-20(18)16-21/h1-17H. The van der Waals surface area contributed by atoms with Gasteiger partial charge in [-0.1, -0.05) is 84.9 Å². The summed E-state index contributed by atoms with van der Waals surface area (Å²) < 4.78 is 0. The minimum absolute atomic E-state index is 1.01.